The minimum atomic E-state index is -0.697. The molecule has 1 fully saturated rings. The van der Waals surface area contributed by atoms with E-state index in [0.717, 1.165) is 5.56 Å². The number of halogens is 1. The summed E-state index contributed by atoms with van der Waals surface area (Å²) in [4.78, 5) is 27.0. The van der Waals surface area contributed by atoms with Crippen LogP contribution in [0.4, 0.5) is 4.39 Å². The van der Waals surface area contributed by atoms with Crippen LogP contribution in [0.25, 0.3) is 0 Å². The maximum Gasteiger partial charge on any atom is 0.237 e. The molecule has 0 bridgehead atoms. The van der Waals surface area contributed by atoms with Gasteiger partial charge >= 0.3 is 0 Å². The Kier molecular flexibility index (Phi) is 7.88. The normalized spacial score (nSPS) is 16.2. The molecule has 1 saturated heterocycles. The number of nitrogens with one attached hydrogen (secondary N) is 2. The fraction of sp³-hybridized carbons (Fsp3) is 0.391. The molecule has 2 aromatic rings. The Morgan fingerprint density at radius 1 is 1.09 bits per heavy atom. The third-order valence-electron chi connectivity index (χ3n) is 5.42. The first kappa shape index (κ1) is 23.3. The summed E-state index contributed by atoms with van der Waals surface area (Å²) < 4.78 is 30.0. The van der Waals surface area contributed by atoms with Crippen LogP contribution < -0.4 is 24.8 Å². The second kappa shape index (κ2) is 10.8. The van der Waals surface area contributed by atoms with Gasteiger partial charge in [0.1, 0.15) is 23.1 Å². The molecule has 1 aliphatic heterocycles. The highest BCUT2D eigenvalue weighted by atomic mass is 19.1. The second-order valence-corrected chi connectivity index (χ2v) is 7.39. The van der Waals surface area contributed by atoms with Gasteiger partial charge in [-0.15, -0.1) is 0 Å². The Balaban J connectivity index is 1.66. The summed E-state index contributed by atoms with van der Waals surface area (Å²) in [6.07, 6.45) is -0.0457. The van der Waals surface area contributed by atoms with E-state index in [2.05, 4.69) is 10.6 Å². The molecule has 1 heterocycles. The molecule has 3 rings (SSSR count). The van der Waals surface area contributed by atoms with Crippen molar-refractivity contribution in [2.75, 3.05) is 34.4 Å². The molecule has 0 spiro atoms. The van der Waals surface area contributed by atoms with Crippen molar-refractivity contribution in [1.29, 1.82) is 0 Å². The fourth-order valence-electron chi connectivity index (χ4n) is 3.64. The van der Waals surface area contributed by atoms with Crippen LogP contribution in [0.3, 0.4) is 0 Å². The first-order valence-electron chi connectivity index (χ1n) is 10.3. The molecular formula is C23H28FN3O5. The maximum atomic E-state index is 14.4. The number of benzene rings is 2. The van der Waals surface area contributed by atoms with Crippen molar-refractivity contribution in [3.63, 3.8) is 0 Å². The van der Waals surface area contributed by atoms with E-state index < -0.39 is 11.9 Å². The lowest BCUT2D eigenvalue weighted by Gasteiger charge is -2.34. The van der Waals surface area contributed by atoms with E-state index in [4.69, 9.17) is 14.2 Å². The standard InChI is InChI=1S/C23H28FN3O5/c1-30-17-6-7-21(32-3)16(10-17)13-26-22(28)12-20-23(29)25-8-9-27(20)14-15-4-5-18(31-2)11-19(15)24/h4-7,10-11,20H,8-9,12-14H2,1-3H3,(H,25,29)(H,26,28). The van der Waals surface area contributed by atoms with Crippen LogP contribution in [0, 0.1) is 5.82 Å². The number of rotatable bonds is 9. The van der Waals surface area contributed by atoms with Crippen molar-refractivity contribution in [3.05, 3.63) is 53.3 Å². The lowest BCUT2D eigenvalue weighted by Crippen LogP contribution is -2.56. The highest BCUT2D eigenvalue weighted by Gasteiger charge is 2.32. The number of nitrogens with zero attached hydrogens (tertiary/aromatic N) is 1. The number of hydrogen-bond acceptors (Lipinski definition) is 6. The average Bonchev–Trinajstić information content (AvgIpc) is 2.80. The minimum Gasteiger partial charge on any atom is -0.497 e. The Morgan fingerprint density at radius 2 is 1.81 bits per heavy atom. The van der Waals surface area contributed by atoms with E-state index >= 15 is 0 Å². The van der Waals surface area contributed by atoms with Crippen molar-refractivity contribution in [1.82, 2.24) is 15.5 Å². The number of hydrogen-bond donors (Lipinski definition) is 2. The van der Waals surface area contributed by atoms with Crippen molar-refractivity contribution in [3.8, 4) is 17.2 Å². The van der Waals surface area contributed by atoms with Gasteiger partial charge in [-0.05, 0) is 24.3 Å². The van der Waals surface area contributed by atoms with E-state index in [1.165, 1.54) is 13.2 Å². The molecular weight excluding hydrogens is 417 g/mol. The van der Waals surface area contributed by atoms with E-state index in [1.54, 1.807) is 44.6 Å². The van der Waals surface area contributed by atoms with Crippen LogP contribution in [0.2, 0.25) is 0 Å². The molecule has 1 unspecified atom stereocenters. The molecule has 1 aliphatic rings. The number of methoxy groups -OCH3 is 3. The molecule has 8 nitrogen and oxygen atoms in total. The van der Waals surface area contributed by atoms with Gasteiger partial charge in [0.15, 0.2) is 0 Å². The van der Waals surface area contributed by atoms with Gasteiger partial charge in [0.25, 0.3) is 0 Å². The van der Waals surface area contributed by atoms with Crippen LogP contribution in [-0.4, -0.2) is 57.2 Å². The summed E-state index contributed by atoms with van der Waals surface area (Å²) in [5.74, 6) is 0.735. The molecule has 9 heteroatoms. The monoisotopic (exact) mass is 445 g/mol. The number of piperazine rings is 1. The average molecular weight is 445 g/mol. The van der Waals surface area contributed by atoms with Crippen LogP contribution in [-0.2, 0) is 22.7 Å². The van der Waals surface area contributed by atoms with Crippen LogP contribution in [0.15, 0.2) is 36.4 Å². The molecule has 1 atom stereocenters. The van der Waals surface area contributed by atoms with Crippen molar-refractivity contribution in [2.24, 2.45) is 0 Å². The summed E-state index contributed by atoms with van der Waals surface area (Å²) in [5, 5.41) is 5.61. The molecule has 32 heavy (non-hydrogen) atoms. The predicted molar refractivity (Wildman–Crippen MR) is 116 cm³/mol. The van der Waals surface area contributed by atoms with Gasteiger partial charge in [0, 0.05) is 43.4 Å². The molecule has 0 aliphatic carbocycles. The highest BCUT2D eigenvalue weighted by molar-refractivity contribution is 5.88. The third kappa shape index (κ3) is 5.67. The summed E-state index contributed by atoms with van der Waals surface area (Å²) in [6, 6.07) is 9.23. The Bertz CT molecular complexity index is 969. The maximum absolute atomic E-state index is 14.4. The summed E-state index contributed by atoms with van der Waals surface area (Å²) in [6.45, 7) is 1.39. The van der Waals surface area contributed by atoms with Gasteiger partial charge in [-0.3, -0.25) is 14.5 Å². The highest BCUT2D eigenvalue weighted by Crippen LogP contribution is 2.24. The largest absolute Gasteiger partial charge is 0.497 e. The fourth-order valence-corrected chi connectivity index (χ4v) is 3.64. The van der Waals surface area contributed by atoms with E-state index in [-0.39, 0.29) is 31.3 Å². The van der Waals surface area contributed by atoms with Crippen LogP contribution in [0.5, 0.6) is 17.2 Å². The van der Waals surface area contributed by atoms with Crippen molar-refractivity contribution >= 4 is 11.8 Å². The molecule has 2 amide bonds. The first-order valence-corrected chi connectivity index (χ1v) is 10.3. The molecule has 2 aromatic carbocycles. The van der Waals surface area contributed by atoms with Crippen LogP contribution >= 0.6 is 0 Å². The topological polar surface area (TPSA) is 89.1 Å². The lowest BCUT2D eigenvalue weighted by atomic mass is 10.1. The van der Waals surface area contributed by atoms with E-state index in [1.807, 2.05) is 4.90 Å². The zero-order valence-electron chi connectivity index (χ0n) is 18.4. The van der Waals surface area contributed by atoms with E-state index in [9.17, 15) is 14.0 Å². The number of carbonyl (C=O) groups excluding carboxylic acids is 2. The number of ether oxygens (including phenoxy) is 3. The predicted octanol–water partition coefficient (Wildman–Crippen LogP) is 1.86. The number of carbonyl (C=O) groups is 2. The zero-order valence-corrected chi connectivity index (χ0v) is 18.4. The molecule has 0 radical (unpaired) electrons. The van der Waals surface area contributed by atoms with Gasteiger partial charge in [-0.1, -0.05) is 6.07 Å². The van der Waals surface area contributed by atoms with E-state index in [0.29, 0.717) is 35.9 Å². The molecule has 2 N–H and O–H groups in total. The van der Waals surface area contributed by atoms with Gasteiger partial charge in [-0.2, -0.15) is 0 Å². The van der Waals surface area contributed by atoms with Gasteiger partial charge in [0.2, 0.25) is 11.8 Å². The summed E-state index contributed by atoms with van der Waals surface area (Å²) in [7, 11) is 4.58. The van der Waals surface area contributed by atoms with Crippen molar-refractivity contribution in [2.45, 2.75) is 25.6 Å². The Hall–Kier alpha value is -3.33. The quantitative estimate of drug-likeness (QED) is 0.613. The number of amides is 2. The minimum absolute atomic E-state index is 0.0457. The summed E-state index contributed by atoms with van der Waals surface area (Å²) in [5.41, 5.74) is 1.19. The Morgan fingerprint density at radius 3 is 2.50 bits per heavy atom. The molecule has 0 aromatic heterocycles. The molecule has 172 valence electrons. The van der Waals surface area contributed by atoms with Gasteiger partial charge in [-0.25, -0.2) is 4.39 Å². The van der Waals surface area contributed by atoms with Gasteiger partial charge < -0.3 is 24.8 Å². The second-order valence-electron chi connectivity index (χ2n) is 7.39. The summed E-state index contributed by atoms with van der Waals surface area (Å²) >= 11 is 0. The van der Waals surface area contributed by atoms with Gasteiger partial charge in [0.05, 0.1) is 33.8 Å². The van der Waals surface area contributed by atoms with Crippen molar-refractivity contribution < 1.29 is 28.2 Å². The molecule has 0 saturated carbocycles. The first-order chi connectivity index (χ1) is 15.4. The SMILES string of the molecule is COc1ccc(CN2CCNC(=O)C2CC(=O)NCc2cc(OC)ccc2OC)c(F)c1. The zero-order chi connectivity index (χ0) is 23.1. The van der Waals surface area contributed by atoms with Crippen LogP contribution in [0.1, 0.15) is 17.5 Å². The lowest BCUT2D eigenvalue weighted by molar-refractivity contribution is -0.134. The smallest absolute Gasteiger partial charge is 0.237 e. The Labute approximate surface area is 186 Å². The third-order valence-corrected chi connectivity index (χ3v) is 5.42.